The fourth-order valence-electron chi connectivity index (χ4n) is 4.92. The smallest absolute Gasteiger partial charge is 0.300 e. The summed E-state index contributed by atoms with van der Waals surface area (Å²) >= 11 is 0. The number of ketones is 1. The predicted octanol–water partition coefficient (Wildman–Crippen LogP) is 6.47. The number of hydrogen-bond acceptors (Lipinski definition) is 6. The summed E-state index contributed by atoms with van der Waals surface area (Å²) in [6.07, 6.45) is -0.00113. The zero-order chi connectivity index (χ0) is 29.4. The minimum absolute atomic E-state index is 0.00113. The Morgan fingerprint density at radius 3 is 2.10 bits per heavy atom. The fraction of sp³-hybridized carbons (Fsp3) is 0.333. The lowest BCUT2D eigenvalue weighted by molar-refractivity contribution is -0.132. The molecule has 0 saturated carbocycles. The highest BCUT2D eigenvalue weighted by Crippen LogP contribution is 2.43. The number of methoxy groups -OCH3 is 1. The molecule has 0 bridgehead atoms. The van der Waals surface area contributed by atoms with Gasteiger partial charge >= 0.3 is 0 Å². The molecule has 0 aromatic heterocycles. The topological polar surface area (TPSA) is 79.3 Å². The van der Waals surface area contributed by atoms with Gasteiger partial charge in [-0.1, -0.05) is 32.9 Å². The maximum Gasteiger partial charge on any atom is 0.300 e. The second kappa shape index (κ2) is 11.1. The van der Waals surface area contributed by atoms with Crippen molar-refractivity contribution in [3.05, 3.63) is 89.0 Å². The van der Waals surface area contributed by atoms with Crippen molar-refractivity contribution < 1.29 is 24.2 Å². The second-order valence-electron chi connectivity index (χ2n) is 11.5. The molecule has 1 fully saturated rings. The summed E-state index contributed by atoms with van der Waals surface area (Å²) in [5.41, 5.74) is 3.26. The van der Waals surface area contributed by atoms with E-state index in [-0.39, 0.29) is 22.9 Å². The van der Waals surface area contributed by atoms with E-state index < -0.39 is 17.7 Å². The second-order valence-corrected chi connectivity index (χ2v) is 11.5. The largest absolute Gasteiger partial charge is 0.507 e. The predicted molar refractivity (Wildman–Crippen MR) is 159 cm³/mol. The molecule has 40 heavy (non-hydrogen) atoms. The van der Waals surface area contributed by atoms with Crippen LogP contribution in [0.15, 0.2) is 72.3 Å². The number of anilines is 2. The Morgan fingerprint density at radius 2 is 1.57 bits per heavy atom. The summed E-state index contributed by atoms with van der Waals surface area (Å²) in [5.74, 6) is -0.309. The van der Waals surface area contributed by atoms with Crippen molar-refractivity contribution >= 4 is 28.8 Å². The molecule has 7 heteroatoms. The van der Waals surface area contributed by atoms with Gasteiger partial charge in [0.2, 0.25) is 0 Å². The average Bonchev–Trinajstić information content (AvgIpc) is 3.17. The number of hydrogen-bond donors (Lipinski definition) is 1. The van der Waals surface area contributed by atoms with E-state index in [4.69, 9.17) is 9.47 Å². The normalized spacial score (nSPS) is 16.9. The van der Waals surface area contributed by atoms with Crippen LogP contribution in [0.4, 0.5) is 11.4 Å². The van der Waals surface area contributed by atoms with Crippen molar-refractivity contribution in [2.75, 3.05) is 31.0 Å². The zero-order valence-corrected chi connectivity index (χ0v) is 24.5. The molecule has 1 N–H and O–H groups in total. The third-order valence-corrected chi connectivity index (χ3v) is 6.94. The van der Waals surface area contributed by atoms with Gasteiger partial charge in [0.25, 0.3) is 11.7 Å². The molecule has 1 aliphatic rings. The number of carbonyl (C=O) groups is 2. The van der Waals surface area contributed by atoms with Crippen LogP contribution in [0.5, 0.6) is 11.5 Å². The van der Waals surface area contributed by atoms with Crippen LogP contribution in [0.25, 0.3) is 5.76 Å². The monoisotopic (exact) mass is 542 g/mol. The third kappa shape index (κ3) is 5.55. The van der Waals surface area contributed by atoms with Crippen LogP contribution in [0.2, 0.25) is 0 Å². The van der Waals surface area contributed by atoms with E-state index in [1.807, 2.05) is 108 Å². The van der Waals surface area contributed by atoms with E-state index in [1.165, 1.54) is 4.90 Å². The van der Waals surface area contributed by atoms with Crippen molar-refractivity contribution in [3.8, 4) is 11.5 Å². The summed E-state index contributed by atoms with van der Waals surface area (Å²) in [4.78, 5) is 30.6. The molecule has 3 aromatic carbocycles. The van der Waals surface area contributed by atoms with Gasteiger partial charge in [-0.05, 0) is 79.4 Å². The molecule has 3 aromatic rings. The maximum absolute atomic E-state index is 13.6. The van der Waals surface area contributed by atoms with Gasteiger partial charge in [0.05, 0.1) is 24.8 Å². The highest BCUT2D eigenvalue weighted by Gasteiger charge is 2.47. The number of rotatable bonds is 7. The third-order valence-electron chi connectivity index (χ3n) is 6.94. The number of carbonyl (C=O) groups excluding carboxylic acids is 2. The van der Waals surface area contributed by atoms with Crippen LogP contribution in [0.3, 0.4) is 0 Å². The van der Waals surface area contributed by atoms with Gasteiger partial charge in [-0.3, -0.25) is 14.5 Å². The van der Waals surface area contributed by atoms with E-state index in [0.717, 1.165) is 11.3 Å². The van der Waals surface area contributed by atoms with E-state index in [0.29, 0.717) is 28.3 Å². The highest BCUT2D eigenvalue weighted by atomic mass is 16.5. The molecule has 1 atom stereocenters. The van der Waals surface area contributed by atoms with Gasteiger partial charge in [-0.15, -0.1) is 0 Å². The van der Waals surface area contributed by atoms with Crippen LogP contribution in [-0.2, 0) is 15.0 Å². The van der Waals surface area contributed by atoms with Crippen molar-refractivity contribution in [2.45, 2.75) is 52.2 Å². The highest BCUT2D eigenvalue weighted by molar-refractivity contribution is 6.51. The van der Waals surface area contributed by atoms with Crippen LogP contribution >= 0.6 is 0 Å². The number of aliphatic hydroxyl groups excluding tert-OH is 1. The molecule has 4 rings (SSSR count). The van der Waals surface area contributed by atoms with Crippen LogP contribution < -0.4 is 19.3 Å². The molecule has 7 nitrogen and oxygen atoms in total. The summed E-state index contributed by atoms with van der Waals surface area (Å²) in [6.45, 7) is 10.0. The molecule has 1 aliphatic heterocycles. The Labute approximate surface area is 236 Å². The van der Waals surface area contributed by atoms with Crippen LogP contribution in [0.1, 0.15) is 57.4 Å². The Kier molecular flexibility index (Phi) is 7.96. The number of benzene rings is 3. The molecule has 1 amide bonds. The average molecular weight is 543 g/mol. The van der Waals surface area contributed by atoms with Crippen molar-refractivity contribution in [1.82, 2.24) is 0 Å². The molecule has 0 spiro atoms. The van der Waals surface area contributed by atoms with Crippen LogP contribution in [-0.4, -0.2) is 44.1 Å². The molecule has 0 radical (unpaired) electrons. The summed E-state index contributed by atoms with van der Waals surface area (Å²) in [6, 6.07) is 19.2. The van der Waals surface area contributed by atoms with Crippen LogP contribution in [0, 0.1) is 0 Å². The Morgan fingerprint density at radius 1 is 0.950 bits per heavy atom. The Hall–Kier alpha value is -4.26. The zero-order valence-electron chi connectivity index (χ0n) is 24.5. The number of nitrogens with zero attached hydrogens (tertiary/aromatic N) is 2. The quantitative estimate of drug-likeness (QED) is 0.209. The van der Waals surface area contributed by atoms with Gasteiger partial charge in [-0.25, -0.2) is 0 Å². The standard InChI is InChI=1S/C33H38N2O5/c1-20(2)40-25-16-9-21(10-17-25)29-28(30(36)22-11-18-27(39-8)26(19-22)33(3,4)5)31(37)32(38)35(29)24-14-12-23(13-15-24)34(6)7/h9-20,29,36H,1-8H3/b30-28-. The van der Waals surface area contributed by atoms with Gasteiger partial charge in [0.15, 0.2) is 0 Å². The van der Waals surface area contributed by atoms with Gasteiger partial charge in [0, 0.05) is 36.6 Å². The first kappa shape index (κ1) is 28.7. The first-order valence-corrected chi connectivity index (χ1v) is 13.4. The van der Waals surface area contributed by atoms with Crippen molar-refractivity contribution in [2.24, 2.45) is 0 Å². The first-order chi connectivity index (χ1) is 18.8. The number of Topliss-reactive ketones (excluding diaryl/α,β-unsaturated/α-hetero) is 1. The molecular weight excluding hydrogens is 504 g/mol. The van der Waals surface area contributed by atoms with Gasteiger partial charge in [0.1, 0.15) is 17.3 Å². The SMILES string of the molecule is COc1ccc(/C(O)=C2/C(=O)C(=O)N(c3ccc(N(C)C)cc3)C2c2ccc(OC(C)C)cc2)cc1C(C)(C)C. The van der Waals surface area contributed by atoms with E-state index in [1.54, 1.807) is 19.2 Å². The number of ether oxygens (including phenoxy) is 2. The Balaban J connectivity index is 1.91. The van der Waals surface area contributed by atoms with Crippen molar-refractivity contribution in [1.29, 1.82) is 0 Å². The Bertz CT molecular complexity index is 1430. The number of aliphatic hydroxyl groups is 1. The van der Waals surface area contributed by atoms with E-state index in [2.05, 4.69) is 0 Å². The molecular formula is C33H38N2O5. The maximum atomic E-state index is 13.6. The minimum atomic E-state index is -0.835. The van der Waals surface area contributed by atoms with E-state index >= 15 is 0 Å². The number of amides is 1. The minimum Gasteiger partial charge on any atom is -0.507 e. The van der Waals surface area contributed by atoms with Gasteiger partial charge in [-0.2, -0.15) is 0 Å². The molecule has 1 unspecified atom stereocenters. The molecule has 1 saturated heterocycles. The van der Waals surface area contributed by atoms with Crippen molar-refractivity contribution in [3.63, 3.8) is 0 Å². The molecule has 0 aliphatic carbocycles. The van der Waals surface area contributed by atoms with Gasteiger partial charge < -0.3 is 19.5 Å². The lowest BCUT2D eigenvalue weighted by Crippen LogP contribution is -2.29. The summed E-state index contributed by atoms with van der Waals surface area (Å²) < 4.78 is 11.4. The lowest BCUT2D eigenvalue weighted by atomic mass is 9.84. The molecule has 210 valence electrons. The fourth-order valence-corrected chi connectivity index (χ4v) is 4.92. The molecule has 1 heterocycles. The first-order valence-electron chi connectivity index (χ1n) is 13.4. The van der Waals surface area contributed by atoms with E-state index in [9.17, 15) is 14.7 Å². The summed E-state index contributed by atoms with van der Waals surface area (Å²) in [7, 11) is 5.47. The lowest BCUT2D eigenvalue weighted by Gasteiger charge is -2.26. The summed E-state index contributed by atoms with van der Waals surface area (Å²) in [5, 5.41) is 11.7.